The largest absolute Gasteiger partial charge is 0.339 e. The van der Waals surface area contributed by atoms with Crippen LogP contribution in [0.4, 0.5) is 0 Å². The van der Waals surface area contributed by atoms with E-state index in [1.165, 1.54) is 38.5 Å². The highest BCUT2D eigenvalue weighted by Crippen LogP contribution is 2.39. The van der Waals surface area contributed by atoms with Crippen LogP contribution in [0.1, 0.15) is 81.8 Å². The van der Waals surface area contributed by atoms with Crippen molar-refractivity contribution in [3.8, 4) is 0 Å². The first-order chi connectivity index (χ1) is 9.28. The quantitative estimate of drug-likeness (QED) is 0.908. The molecule has 0 aromatic carbocycles. The molecule has 0 saturated heterocycles. The summed E-state index contributed by atoms with van der Waals surface area (Å²) in [5.41, 5.74) is 6.19. The van der Waals surface area contributed by atoms with E-state index in [9.17, 15) is 0 Å². The third-order valence-electron chi connectivity index (χ3n) is 5.08. The van der Waals surface area contributed by atoms with E-state index >= 15 is 0 Å². The molecule has 2 saturated carbocycles. The number of hydrogen-bond acceptors (Lipinski definition) is 4. The Morgan fingerprint density at radius 2 is 2.05 bits per heavy atom. The molecule has 0 radical (unpaired) electrons. The minimum Gasteiger partial charge on any atom is -0.339 e. The Hall–Kier alpha value is -0.900. The Labute approximate surface area is 115 Å². The molecule has 4 nitrogen and oxygen atoms in total. The van der Waals surface area contributed by atoms with E-state index in [1.54, 1.807) is 0 Å². The molecule has 1 heterocycles. The van der Waals surface area contributed by atoms with E-state index < -0.39 is 0 Å². The molecule has 4 atom stereocenters. The van der Waals surface area contributed by atoms with Crippen molar-refractivity contribution in [1.29, 1.82) is 0 Å². The third-order valence-corrected chi connectivity index (χ3v) is 5.08. The summed E-state index contributed by atoms with van der Waals surface area (Å²) in [4.78, 5) is 4.68. The standard InChI is InChI=1S/C15H25N3O/c1-2-10-7-8-11(9-10)14-17-15(19-18-14)12-5-3-4-6-13(12)16/h10-13H,2-9,16H2,1H3. The molecule has 106 valence electrons. The van der Waals surface area contributed by atoms with Crippen molar-refractivity contribution in [2.24, 2.45) is 11.7 Å². The van der Waals surface area contributed by atoms with Crippen LogP contribution in [0.25, 0.3) is 0 Å². The van der Waals surface area contributed by atoms with Crippen LogP contribution in [0.2, 0.25) is 0 Å². The second-order valence-electron chi connectivity index (χ2n) is 6.33. The maximum Gasteiger partial charge on any atom is 0.231 e. The smallest absolute Gasteiger partial charge is 0.231 e. The van der Waals surface area contributed by atoms with Gasteiger partial charge in [0.05, 0.1) is 5.92 Å². The van der Waals surface area contributed by atoms with Gasteiger partial charge in [0.25, 0.3) is 0 Å². The van der Waals surface area contributed by atoms with E-state index in [0.717, 1.165) is 30.5 Å². The molecule has 2 N–H and O–H groups in total. The van der Waals surface area contributed by atoms with E-state index in [4.69, 9.17) is 10.3 Å². The Bertz CT molecular complexity index is 417. The molecule has 1 aromatic heterocycles. The van der Waals surface area contributed by atoms with Crippen molar-refractivity contribution in [2.45, 2.75) is 76.2 Å². The van der Waals surface area contributed by atoms with Crippen molar-refractivity contribution < 1.29 is 4.52 Å². The molecule has 4 heteroatoms. The summed E-state index contributed by atoms with van der Waals surface area (Å²) in [6.07, 6.45) is 9.69. The lowest BCUT2D eigenvalue weighted by molar-refractivity contribution is 0.288. The molecule has 2 aliphatic rings. The molecule has 1 aromatic rings. The molecule has 0 bridgehead atoms. The fourth-order valence-electron chi connectivity index (χ4n) is 3.71. The zero-order valence-electron chi connectivity index (χ0n) is 11.8. The van der Waals surface area contributed by atoms with Gasteiger partial charge in [0.1, 0.15) is 0 Å². The monoisotopic (exact) mass is 263 g/mol. The Morgan fingerprint density at radius 1 is 1.21 bits per heavy atom. The van der Waals surface area contributed by atoms with Crippen LogP contribution in [-0.2, 0) is 0 Å². The van der Waals surface area contributed by atoms with Crippen LogP contribution in [-0.4, -0.2) is 16.2 Å². The predicted molar refractivity (Wildman–Crippen MR) is 73.9 cm³/mol. The number of rotatable bonds is 3. The number of aromatic nitrogens is 2. The molecule has 0 amide bonds. The first kappa shape index (κ1) is 13.1. The topological polar surface area (TPSA) is 64.9 Å². The lowest BCUT2D eigenvalue weighted by Crippen LogP contribution is -2.31. The lowest BCUT2D eigenvalue weighted by Gasteiger charge is -2.25. The Kier molecular flexibility index (Phi) is 3.87. The second-order valence-corrected chi connectivity index (χ2v) is 6.33. The molecule has 0 aliphatic heterocycles. The molecule has 2 aliphatic carbocycles. The molecule has 0 spiro atoms. The maximum atomic E-state index is 6.19. The van der Waals surface area contributed by atoms with Gasteiger partial charge in [-0.1, -0.05) is 31.3 Å². The maximum absolute atomic E-state index is 6.19. The van der Waals surface area contributed by atoms with Crippen molar-refractivity contribution in [3.05, 3.63) is 11.7 Å². The first-order valence-corrected chi connectivity index (χ1v) is 7.87. The van der Waals surface area contributed by atoms with Gasteiger partial charge >= 0.3 is 0 Å². The Morgan fingerprint density at radius 3 is 2.79 bits per heavy atom. The number of nitrogens with zero attached hydrogens (tertiary/aromatic N) is 2. The molecule has 19 heavy (non-hydrogen) atoms. The molecular weight excluding hydrogens is 238 g/mol. The number of hydrogen-bond donors (Lipinski definition) is 1. The van der Waals surface area contributed by atoms with Crippen molar-refractivity contribution in [3.63, 3.8) is 0 Å². The van der Waals surface area contributed by atoms with Gasteiger partial charge in [-0.05, 0) is 38.0 Å². The van der Waals surface area contributed by atoms with Crippen LogP contribution in [0.5, 0.6) is 0 Å². The van der Waals surface area contributed by atoms with Crippen LogP contribution < -0.4 is 5.73 Å². The zero-order chi connectivity index (χ0) is 13.2. The highest BCUT2D eigenvalue weighted by Gasteiger charge is 2.32. The summed E-state index contributed by atoms with van der Waals surface area (Å²) >= 11 is 0. The SMILES string of the molecule is CCC1CCC(c2noc(C3CCCCC3N)n2)C1. The van der Waals surface area contributed by atoms with Gasteiger partial charge in [0.2, 0.25) is 5.89 Å². The highest BCUT2D eigenvalue weighted by atomic mass is 16.5. The average molecular weight is 263 g/mol. The fourth-order valence-corrected chi connectivity index (χ4v) is 3.71. The lowest BCUT2D eigenvalue weighted by atomic mass is 9.85. The average Bonchev–Trinajstić information content (AvgIpc) is 3.08. The summed E-state index contributed by atoms with van der Waals surface area (Å²) in [6, 6.07) is 0.203. The summed E-state index contributed by atoms with van der Waals surface area (Å²) in [7, 11) is 0. The second kappa shape index (κ2) is 5.61. The van der Waals surface area contributed by atoms with E-state index in [0.29, 0.717) is 11.8 Å². The molecule has 4 unspecified atom stereocenters. The van der Waals surface area contributed by atoms with Crippen molar-refractivity contribution in [1.82, 2.24) is 10.1 Å². The van der Waals surface area contributed by atoms with Gasteiger partial charge in [-0.25, -0.2) is 0 Å². The van der Waals surface area contributed by atoms with Crippen molar-refractivity contribution in [2.75, 3.05) is 0 Å². The van der Waals surface area contributed by atoms with Gasteiger partial charge < -0.3 is 10.3 Å². The predicted octanol–water partition coefficient (Wildman–Crippen LogP) is 3.35. The third kappa shape index (κ3) is 2.69. The summed E-state index contributed by atoms with van der Waals surface area (Å²) in [5.74, 6) is 3.38. The summed E-state index contributed by atoms with van der Waals surface area (Å²) in [5, 5.41) is 4.23. The van der Waals surface area contributed by atoms with Crippen LogP contribution in [0, 0.1) is 5.92 Å². The van der Waals surface area contributed by atoms with E-state index in [1.807, 2.05) is 0 Å². The van der Waals surface area contributed by atoms with Crippen LogP contribution in [0.3, 0.4) is 0 Å². The summed E-state index contributed by atoms with van der Waals surface area (Å²) < 4.78 is 5.51. The minimum atomic E-state index is 0.203. The summed E-state index contributed by atoms with van der Waals surface area (Å²) in [6.45, 7) is 2.27. The van der Waals surface area contributed by atoms with Crippen LogP contribution in [0.15, 0.2) is 4.52 Å². The molecule has 2 fully saturated rings. The Balaban J connectivity index is 1.69. The van der Waals surface area contributed by atoms with E-state index in [2.05, 4.69) is 17.1 Å². The number of nitrogens with two attached hydrogens (primary N) is 1. The fraction of sp³-hybridized carbons (Fsp3) is 0.867. The van der Waals surface area contributed by atoms with Gasteiger partial charge in [-0.15, -0.1) is 0 Å². The molecular formula is C15H25N3O. The van der Waals surface area contributed by atoms with Crippen LogP contribution >= 0.6 is 0 Å². The first-order valence-electron chi connectivity index (χ1n) is 7.87. The van der Waals surface area contributed by atoms with Gasteiger partial charge in [0, 0.05) is 12.0 Å². The van der Waals surface area contributed by atoms with E-state index in [-0.39, 0.29) is 6.04 Å². The van der Waals surface area contributed by atoms with Gasteiger partial charge in [-0.2, -0.15) is 4.98 Å². The minimum absolute atomic E-state index is 0.203. The van der Waals surface area contributed by atoms with Crippen molar-refractivity contribution >= 4 is 0 Å². The van der Waals surface area contributed by atoms with Gasteiger partial charge in [-0.3, -0.25) is 0 Å². The normalized spacial score (nSPS) is 35.7. The molecule has 3 rings (SSSR count). The van der Waals surface area contributed by atoms with Gasteiger partial charge in [0.15, 0.2) is 5.82 Å². The highest BCUT2D eigenvalue weighted by molar-refractivity contribution is 5.05. The zero-order valence-corrected chi connectivity index (χ0v) is 11.8.